The highest BCUT2D eigenvalue weighted by molar-refractivity contribution is 5.94. The first-order valence-corrected chi connectivity index (χ1v) is 9.18. The Balaban J connectivity index is 1.81. The molecule has 2 heterocycles. The number of carbonyl (C=O) groups is 1. The van der Waals surface area contributed by atoms with Crippen molar-refractivity contribution in [3.05, 3.63) is 64.8 Å². The van der Waals surface area contributed by atoms with E-state index in [2.05, 4.69) is 42.5 Å². The molecule has 0 aliphatic carbocycles. The molecule has 28 heavy (non-hydrogen) atoms. The van der Waals surface area contributed by atoms with Crippen molar-refractivity contribution in [3.63, 3.8) is 0 Å². The van der Waals surface area contributed by atoms with Crippen molar-refractivity contribution in [1.29, 1.82) is 0 Å². The number of aryl methyl sites for hydroxylation is 2. The number of rotatable bonds is 4. The molecule has 0 fully saturated rings. The number of hydrogen-bond donors (Lipinski definition) is 1. The molecule has 0 bridgehead atoms. The maximum absolute atomic E-state index is 12.5. The second kappa shape index (κ2) is 7.03. The highest BCUT2D eigenvalue weighted by Crippen LogP contribution is 2.40. The summed E-state index contributed by atoms with van der Waals surface area (Å²) in [5.74, 6) is 1.91. The zero-order valence-corrected chi connectivity index (χ0v) is 16.4. The van der Waals surface area contributed by atoms with Crippen molar-refractivity contribution in [1.82, 2.24) is 9.78 Å². The molecule has 1 aliphatic rings. The van der Waals surface area contributed by atoms with E-state index in [4.69, 9.17) is 9.47 Å². The number of carbonyl (C=O) groups excluding carboxylic acids is 1. The Hall–Kier alpha value is -3.28. The van der Waals surface area contributed by atoms with Gasteiger partial charge in [0.1, 0.15) is 5.82 Å². The molecular formula is C22H23N3O3. The topological polar surface area (TPSA) is 65.4 Å². The summed E-state index contributed by atoms with van der Waals surface area (Å²) in [5, 5.41) is 7.59. The fourth-order valence-electron chi connectivity index (χ4n) is 3.86. The molecule has 6 heteroatoms. The SMILES string of the molecule is COc1ccc(C2CC(=O)Nc3c2cnn3-c2cc(C)cc(C)c2)cc1OC. The molecule has 4 rings (SSSR count). The summed E-state index contributed by atoms with van der Waals surface area (Å²) in [7, 11) is 3.22. The van der Waals surface area contributed by atoms with Gasteiger partial charge in [0.15, 0.2) is 11.5 Å². The van der Waals surface area contributed by atoms with Crippen LogP contribution < -0.4 is 14.8 Å². The van der Waals surface area contributed by atoms with Crippen molar-refractivity contribution in [2.45, 2.75) is 26.2 Å². The van der Waals surface area contributed by atoms with Crippen LogP contribution in [0.4, 0.5) is 5.82 Å². The third-order valence-electron chi connectivity index (χ3n) is 5.08. The number of benzene rings is 2. The fraction of sp³-hybridized carbons (Fsp3) is 0.273. The van der Waals surface area contributed by atoms with E-state index < -0.39 is 0 Å². The second-order valence-electron chi connectivity index (χ2n) is 7.13. The third kappa shape index (κ3) is 3.11. The Morgan fingerprint density at radius 3 is 2.43 bits per heavy atom. The summed E-state index contributed by atoms with van der Waals surface area (Å²) in [6.45, 7) is 4.11. The first-order chi connectivity index (χ1) is 13.5. The number of fused-ring (bicyclic) bond motifs is 1. The van der Waals surface area contributed by atoms with E-state index in [1.807, 2.05) is 24.4 Å². The molecule has 1 aromatic heterocycles. The standard InChI is InChI=1S/C22H23N3O3/c1-13-7-14(2)9-16(8-13)25-22-18(12-23-25)17(11-21(26)24-22)15-5-6-19(27-3)20(10-15)28-4/h5-10,12,17H,11H2,1-4H3,(H,24,26). The number of nitrogens with zero attached hydrogens (tertiary/aromatic N) is 2. The van der Waals surface area contributed by atoms with Crippen LogP contribution >= 0.6 is 0 Å². The fourth-order valence-corrected chi connectivity index (χ4v) is 3.86. The number of amides is 1. The number of nitrogens with one attached hydrogen (secondary N) is 1. The van der Waals surface area contributed by atoms with Gasteiger partial charge in [-0.15, -0.1) is 0 Å². The average molecular weight is 377 g/mol. The van der Waals surface area contributed by atoms with Gasteiger partial charge in [-0.2, -0.15) is 5.10 Å². The molecular weight excluding hydrogens is 354 g/mol. The van der Waals surface area contributed by atoms with Crippen molar-refractivity contribution in [3.8, 4) is 17.2 Å². The Labute approximate surface area is 164 Å². The van der Waals surface area contributed by atoms with Crippen molar-refractivity contribution in [2.75, 3.05) is 19.5 Å². The van der Waals surface area contributed by atoms with E-state index in [-0.39, 0.29) is 11.8 Å². The number of hydrogen-bond acceptors (Lipinski definition) is 4. The summed E-state index contributed by atoms with van der Waals surface area (Å²) < 4.78 is 12.6. The molecule has 1 atom stereocenters. The predicted octanol–water partition coefficient (Wildman–Crippen LogP) is 3.98. The van der Waals surface area contributed by atoms with Crippen LogP contribution in [0.3, 0.4) is 0 Å². The Morgan fingerprint density at radius 2 is 1.75 bits per heavy atom. The average Bonchev–Trinajstić information content (AvgIpc) is 3.09. The van der Waals surface area contributed by atoms with E-state index >= 15 is 0 Å². The van der Waals surface area contributed by atoms with Gasteiger partial charge in [0.25, 0.3) is 0 Å². The van der Waals surface area contributed by atoms with Gasteiger partial charge in [-0.05, 0) is 54.8 Å². The smallest absolute Gasteiger partial charge is 0.226 e. The molecule has 1 unspecified atom stereocenters. The van der Waals surface area contributed by atoms with Crippen molar-refractivity contribution < 1.29 is 14.3 Å². The van der Waals surface area contributed by atoms with Gasteiger partial charge in [0.05, 0.1) is 26.1 Å². The van der Waals surface area contributed by atoms with Crippen LogP contribution in [0.2, 0.25) is 0 Å². The highest BCUT2D eigenvalue weighted by atomic mass is 16.5. The lowest BCUT2D eigenvalue weighted by molar-refractivity contribution is -0.116. The van der Waals surface area contributed by atoms with Crippen LogP contribution in [0.15, 0.2) is 42.6 Å². The maximum Gasteiger partial charge on any atom is 0.226 e. The number of anilines is 1. The van der Waals surface area contributed by atoms with Crippen LogP contribution in [0.1, 0.15) is 34.6 Å². The Bertz CT molecular complexity index is 1030. The molecule has 6 nitrogen and oxygen atoms in total. The molecule has 0 radical (unpaired) electrons. The van der Waals surface area contributed by atoms with Crippen LogP contribution in [0, 0.1) is 13.8 Å². The van der Waals surface area contributed by atoms with Crippen LogP contribution in [0.5, 0.6) is 11.5 Å². The minimum atomic E-state index is -0.0942. The van der Waals surface area contributed by atoms with Crippen LogP contribution in [-0.2, 0) is 4.79 Å². The first-order valence-electron chi connectivity index (χ1n) is 9.18. The van der Waals surface area contributed by atoms with E-state index in [0.717, 1.165) is 33.8 Å². The van der Waals surface area contributed by atoms with Gasteiger partial charge in [0, 0.05) is 17.9 Å². The molecule has 0 spiro atoms. The zero-order valence-electron chi connectivity index (χ0n) is 16.4. The number of aromatic nitrogens is 2. The van der Waals surface area contributed by atoms with E-state index in [1.165, 1.54) is 0 Å². The van der Waals surface area contributed by atoms with E-state index in [9.17, 15) is 4.79 Å². The summed E-state index contributed by atoms with van der Waals surface area (Å²) in [6, 6.07) is 12.0. The summed E-state index contributed by atoms with van der Waals surface area (Å²) in [4.78, 5) is 12.5. The monoisotopic (exact) mass is 377 g/mol. The second-order valence-corrected chi connectivity index (χ2v) is 7.13. The van der Waals surface area contributed by atoms with E-state index in [0.29, 0.717) is 17.9 Å². The zero-order chi connectivity index (χ0) is 19.8. The third-order valence-corrected chi connectivity index (χ3v) is 5.08. The quantitative estimate of drug-likeness (QED) is 0.747. The molecule has 1 aliphatic heterocycles. The first kappa shape index (κ1) is 18.1. The van der Waals surface area contributed by atoms with Crippen molar-refractivity contribution >= 4 is 11.7 Å². The maximum atomic E-state index is 12.5. The molecule has 3 aromatic rings. The molecule has 2 aromatic carbocycles. The molecule has 0 saturated carbocycles. The molecule has 144 valence electrons. The number of methoxy groups -OCH3 is 2. The van der Waals surface area contributed by atoms with Gasteiger partial charge >= 0.3 is 0 Å². The summed E-state index contributed by atoms with van der Waals surface area (Å²) in [5.41, 5.74) is 5.22. The van der Waals surface area contributed by atoms with Crippen molar-refractivity contribution in [2.24, 2.45) is 0 Å². The van der Waals surface area contributed by atoms with Gasteiger partial charge in [-0.25, -0.2) is 4.68 Å². The predicted molar refractivity (Wildman–Crippen MR) is 108 cm³/mol. The lowest BCUT2D eigenvalue weighted by atomic mass is 9.87. The lowest BCUT2D eigenvalue weighted by Gasteiger charge is -2.24. The van der Waals surface area contributed by atoms with Crippen LogP contribution in [0.25, 0.3) is 5.69 Å². The van der Waals surface area contributed by atoms with Crippen LogP contribution in [-0.4, -0.2) is 29.9 Å². The minimum absolute atomic E-state index is 0.0293. The lowest BCUT2D eigenvalue weighted by Crippen LogP contribution is -2.24. The van der Waals surface area contributed by atoms with E-state index in [1.54, 1.807) is 18.9 Å². The molecule has 1 amide bonds. The Morgan fingerprint density at radius 1 is 1.04 bits per heavy atom. The summed E-state index contributed by atoms with van der Waals surface area (Å²) >= 11 is 0. The largest absolute Gasteiger partial charge is 0.493 e. The minimum Gasteiger partial charge on any atom is -0.493 e. The number of ether oxygens (including phenoxy) is 2. The van der Waals surface area contributed by atoms with Gasteiger partial charge in [0.2, 0.25) is 5.91 Å². The van der Waals surface area contributed by atoms with Gasteiger partial charge < -0.3 is 14.8 Å². The normalized spacial score (nSPS) is 15.7. The van der Waals surface area contributed by atoms with Gasteiger partial charge in [-0.3, -0.25) is 4.79 Å². The Kier molecular flexibility index (Phi) is 4.55. The highest BCUT2D eigenvalue weighted by Gasteiger charge is 2.31. The molecule has 1 N–H and O–H groups in total. The summed E-state index contributed by atoms with van der Waals surface area (Å²) in [6.07, 6.45) is 2.20. The molecule has 0 saturated heterocycles. The van der Waals surface area contributed by atoms with Gasteiger partial charge in [-0.1, -0.05) is 12.1 Å².